The van der Waals surface area contributed by atoms with Gasteiger partial charge in [0.15, 0.2) is 0 Å². The summed E-state index contributed by atoms with van der Waals surface area (Å²) in [5, 5.41) is 11.3. The van der Waals surface area contributed by atoms with Gasteiger partial charge in [-0.25, -0.2) is 17.9 Å². The van der Waals surface area contributed by atoms with Gasteiger partial charge in [-0.05, 0) is 31.2 Å². The maximum absolute atomic E-state index is 13.3. The Balaban J connectivity index is 2.31. The molecule has 1 aromatic heterocycles. The summed E-state index contributed by atoms with van der Waals surface area (Å²) in [5.41, 5.74) is -0.207. The lowest BCUT2D eigenvalue weighted by atomic mass is 10.2. The van der Waals surface area contributed by atoms with Crippen LogP contribution in [0.2, 0.25) is 0 Å². The van der Waals surface area contributed by atoms with Crippen molar-refractivity contribution in [3.8, 4) is 0 Å². The molecule has 1 amide bonds. The molecule has 2 aromatic rings. The molecule has 0 aliphatic carbocycles. The van der Waals surface area contributed by atoms with E-state index in [1.807, 2.05) is 0 Å². The number of carbonyl (C=O) groups excluding carboxylic acids is 1. The Morgan fingerprint density at radius 1 is 1.48 bits per heavy atom. The first-order chi connectivity index (χ1) is 9.79. The average molecular weight is 312 g/mol. The molecule has 0 bridgehead atoms. The van der Waals surface area contributed by atoms with E-state index in [1.165, 1.54) is 10.9 Å². The zero-order chi connectivity index (χ0) is 15.6. The molecule has 21 heavy (non-hydrogen) atoms. The Bertz CT molecular complexity index is 759. The smallest absolute Gasteiger partial charge is 0.248 e. The molecule has 1 unspecified atom stereocenters. The molecule has 0 saturated heterocycles. The molecule has 2 rings (SSSR count). The van der Waals surface area contributed by atoms with E-state index in [2.05, 4.69) is 10.4 Å². The summed E-state index contributed by atoms with van der Waals surface area (Å²) in [6.45, 7) is 1.57. The largest absolute Gasteiger partial charge is 0.323 e. The number of halogens is 1. The van der Waals surface area contributed by atoms with Gasteiger partial charge in [-0.3, -0.25) is 9.48 Å². The summed E-state index contributed by atoms with van der Waals surface area (Å²) in [7, 11) is -4.08. The first-order valence-electron chi connectivity index (χ1n) is 5.91. The summed E-state index contributed by atoms with van der Waals surface area (Å²) in [6, 6.07) is 3.79. The van der Waals surface area contributed by atoms with Crippen molar-refractivity contribution in [2.24, 2.45) is 5.14 Å². The van der Waals surface area contributed by atoms with Crippen molar-refractivity contribution in [2.75, 3.05) is 5.32 Å². The van der Waals surface area contributed by atoms with Gasteiger partial charge in [0.05, 0.1) is 5.69 Å². The van der Waals surface area contributed by atoms with Gasteiger partial charge in [0.25, 0.3) is 0 Å². The van der Waals surface area contributed by atoms with Crippen LogP contribution < -0.4 is 10.5 Å². The third-order valence-electron chi connectivity index (χ3n) is 2.81. The van der Waals surface area contributed by atoms with Gasteiger partial charge in [-0.15, -0.1) is 0 Å². The molecule has 0 aliphatic heterocycles. The molecule has 0 radical (unpaired) electrons. The molecule has 112 valence electrons. The predicted molar refractivity (Wildman–Crippen MR) is 73.3 cm³/mol. The number of aromatic nitrogens is 2. The minimum atomic E-state index is -4.08. The highest BCUT2D eigenvalue weighted by molar-refractivity contribution is 7.89. The van der Waals surface area contributed by atoms with Crippen LogP contribution in [0.5, 0.6) is 0 Å². The molecule has 0 saturated carbocycles. The number of rotatable bonds is 4. The fourth-order valence-corrected chi connectivity index (χ4v) is 2.39. The highest BCUT2D eigenvalue weighted by Crippen LogP contribution is 2.22. The van der Waals surface area contributed by atoms with E-state index in [0.717, 1.165) is 18.2 Å². The number of hydrogen-bond acceptors (Lipinski definition) is 4. The maximum Gasteiger partial charge on any atom is 0.248 e. The highest BCUT2D eigenvalue weighted by atomic mass is 32.2. The van der Waals surface area contributed by atoms with Gasteiger partial charge in [0.1, 0.15) is 16.8 Å². The molecule has 9 heteroatoms. The van der Waals surface area contributed by atoms with Crippen LogP contribution in [0.15, 0.2) is 41.6 Å². The Kier molecular flexibility index (Phi) is 4.05. The summed E-state index contributed by atoms with van der Waals surface area (Å²) in [5.74, 6) is -1.24. The van der Waals surface area contributed by atoms with E-state index in [-0.39, 0.29) is 10.6 Å². The Morgan fingerprint density at radius 3 is 2.76 bits per heavy atom. The van der Waals surface area contributed by atoms with Crippen LogP contribution in [-0.2, 0) is 14.8 Å². The Labute approximate surface area is 120 Å². The average Bonchev–Trinajstić information content (AvgIpc) is 2.90. The third-order valence-corrected chi connectivity index (χ3v) is 3.78. The zero-order valence-electron chi connectivity index (χ0n) is 11.0. The lowest BCUT2D eigenvalue weighted by Crippen LogP contribution is -2.25. The molecule has 0 spiro atoms. The number of anilines is 1. The normalized spacial score (nSPS) is 12.9. The molecule has 0 aliphatic rings. The van der Waals surface area contributed by atoms with Gasteiger partial charge in [0, 0.05) is 12.4 Å². The van der Waals surface area contributed by atoms with Crippen LogP contribution in [0, 0.1) is 5.82 Å². The van der Waals surface area contributed by atoms with Gasteiger partial charge >= 0.3 is 0 Å². The van der Waals surface area contributed by atoms with Gasteiger partial charge in [-0.1, -0.05) is 0 Å². The Hall–Kier alpha value is -2.26. The van der Waals surface area contributed by atoms with E-state index in [0.29, 0.717) is 0 Å². The number of nitrogens with one attached hydrogen (secondary N) is 1. The van der Waals surface area contributed by atoms with E-state index in [1.54, 1.807) is 19.2 Å². The van der Waals surface area contributed by atoms with Crippen LogP contribution in [0.3, 0.4) is 0 Å². The monoisotopic (exact) mass is 312 g/mol. The minimum absolute atomic E-state index is 0.207. The van der Waals surface area contributed by atoms with Crippen molar-refractivity contribution in [1.82, 2.24) is 9.78 Å². The van der Waals surface area contributed by atoms with Gasteiger partial charge < -0.3 is 5.32 Å². The number of amides is 1. The molecule has 3 N–H and O–H groups in total. The number of hydrogen-bond donors (Lipinski definition) is 2. The number of nitrogens with zero attached hydrogens (tertiary/aromatic N) is 2. The quantitative estimate of drug-likeness (QED) is 0.873. The second-order valence-electron chi connectivity index (χ2n) is 4.34. The number of carbonyl (C=O) groups is 1. The lowest BCUT2D eigenvalue weighted by Gasteiger charge is -2.14. The maximum atomic E-state index is 13.3. The molecule has 7 nitrogen and oxygen atoms in total. The zero-order valence-corrected chi connectivity index (χ0v) is 11.8. The number of primary sulfonamides is 1. The summed E-state index contributed by atoms with van der Waals surface area (Å²) in [4.78, 5) is 11.7. The predicted octanol–water partition coefficient (Wildman–Crippen LogP) is 0.869. The first-order valence-corrected chi connectivity index (χ1v) is 7.46. The van der Waals surface area contributed by atoms with E-state index in [9.17, 15) is 17.6 Å². The van der Waals surface area contributed by atoms with Gasteiger partial charge in [-0.2, -0.15) is 5.10 Å². The lowest BCUT2D eigenvalue weighted by molar-refractivity contribution is -0.119. The van der Waals surface area contributed by atoms with Crippen molar-refractivity contribution in [3.63, 3.8) is 0 Å². The summed E-state index contributed by atoms with van der Waals surface area (Å²) >= 11 is 0. The van der Waals surface area contributed by atoms with Crippen molar-refractivity contribution in [2.45, 2.75) is 17.9 Å². The molecular weight excluding hydrogens is 299 g/mol. The number of benzene rings is 1. The second kappa shape index (κ2) is 5.62. The fraction of sp³-hybridized carbons (Fsp3) is 0.167. The Morgan fingerprint density at radius 2 is 2.19 bits per heavy atom. The van der Waals surface area contributed by atoms with Crippen molar-refractivity contribution >= 4 is 21.6 Å². The molecular formula is C12H13FN4O3S. The SMILES string of the molecule is CC(C(=O)Nc1cc(F)ccc1S(N)(=O)=O)n1cccn1. The van der Waals surface area contributed by atoms with Crippen LogP contribution in [0.25, 0.3) is 0 Å². The second-order valence-corrected chi connectivity index (χ2v) is 5.87. The molecule has 1 heterocycles. The van der Waals surface area contributed by atoms with Crippen molar-refractivity contribution in [1.29, 1.82) is 0 Å². The first kappa shape index (κ1) is 15.1. The number of sulfonamides is 1. The fourth-order valence-electron chi connectivity index (χ4n) is 1.72. The van der Waals surface area contributed by atoms with Crippen LogP contribution in [0.1, 0.15) is 13.0 Å². The highest BCUT2D eigenvalue weighted by Gasteiger charge is 2.20. The third kappa shape index (κ3) is 3.44. The summed E-state index contributed by atoms with van der Waals surface area (Å²) in [6.07, 6.45) is 3.08. The minimum Gasteiger partial charge on any atom is -0.323 e. The molecule has 1 aromatic carbocycles. The topological polar surface area (TPSA) is 107 Å². The van der Waals surface area contributed by atoms with Crippen molar-refractivity contribution < 1.29 is 17.6 Å². The molecule has 0 fully saturated rings. The van der Waals surface area contributed by atoms with E-state index in [4.69, 9.17) is 5.14 Å². The standard InChI is InChI=1S/C12H13FN4O3S/c1-8(17-6-2-5-15-17)12(18)16-10-7-9(13)3-4-11(10)21(14,19)20/h2-8H,1H3,(H,16,18)(H2,14,19,20). The van der Waals surface area contributed by atoms with Gasteiger partial charge in [0.2, 0.25) is 15.9 Å². The van der Waals surface area contributed by atoms with Crippen LogP contribution in [0.4, 0.5) is 10.1 Å². The summed E-state index contributed by atoms with van der Waals surface area (Å²) < 4.78 is 37.5. The van der Waals surface area contributed by atoms with E-state index < -0.39 is 27.8 Å². The van der Waals surface area contributed by atoms with E-state index >= 15 is 0 Å². The number of nitrogens with two attached hydrogens (primary N) is 1. The molecule has 1 atom stereocenters. The van der Waals surface area contributed by atoms with Crippen LogP contribution >= 0.6 is 0 Å². The van der Waals surface area contributed by atoms with Crippen LogP contribution in [-0.4, -0.2) is 24.1 Å². The van der Waals surface area contributed by atoms with Crippen molar-refractivity contribution in [3.05, 3.63) is 42.5 Å².